The highest BCUT2D eigenvalue weighted by Crippen LogP contribution is 2.36. The van der Waals surface area contributed by atoms with E-state index >= 15 is 0 Å². The van der Waals surface area contributed by atoms with Gasteiger partial charge in [0.15, 0.2) is 0 Å². The van der Waals surface area contributed by atoms with Crippen molar-refractivity contribution in [3.8, 4) is 0 Å². The maximum Gasteiger partial charge on any atom is 0.271 e. The van der Waals surface area contributed by atoms with Crippen molar-refractivity contribution in [3.63, 3.8) is 0 Å². The summed E-state index contributed by atoms with van der Waals surface area (Å²) in [5.41, 5.74) is 1.64. The first-order chi connectivity index (χ1) is 15.3. The Morgan fingerprint density at radius 1 is 1.19 bits per heavy atom. The molecule has 0 saturated heterocycles. The highest BCUT2D eigenvalue weighted by molar-refractivity contribution is 7.17. The van der Waals surface area contributed by atoms with Gasteiger partial charge in [0.25, 0.3) is 5.91 Å². The number of nitrogens with zero attached hydrogens (tertiary/aromatic N) is 2. The molecule has 3 heterocycles. The molecule has 168 valence electrons. The molecule has 2 aromatic heterocycles. The van der Waals surface area contributed by atoms with Crippen molar-refractivity contribution < 1.29 is 9.59 Å². The Hall–Kier alpha value is -2.31. The summed E-state index contributed by atoms with van der Waals surface area (Å²) in [7, 11) is 0. The second-order valence-corrected chi connectivity index (χ2v) is 10.9. The first kappa shape index (κ1) is 21.5. The summed E-state index contributed by atoms with van der Waals surface area (Å²) >= 11 is 7.68. The molecule has 0 bridgehead atoms. The molecule has 7 heteroatoms. The van der Waals surface area contributed by atoms with Gasteiger partial charge in [-0.3, -0.25) is 9.59 Å². The molecule has 1 unspecified atom stereocenters. The minimum atomic E-state index is -0.985. The van der Waals surface area contributed by atoms with E-state index in [2.05, 4.69) is 12.2 Å². The molecule has 1 N–H and O–H groups in total. The van der Waals surface area contributed by atoms with E-state index in [1.165, 1.54) is 0 Å². The van der Waals surface area contributed by atoms with Crippen molar-refractivity contribution in [1.29, 1.82) is 0 Å². The predicted molar refractivity (Wildman–Crippen MR) is 129 cm³/mol. The largest absolute Gasteiger partial charge is 0.351 e. The molecule has 1 atom stereocenters. The number of rotatable bonds is 4. The molecular weight excluding hydrogens is 442 g/mol. The van der Waals surface area contributed by atoms with Crippen LogP contribution >= 0.6 is 22.9 Å². The number of fused-ring (bicyclic) bond motifs is 3. The lowest BCUT2D eigenvalue weighted by atomic mass is 9.86. The smallest absolute Gasteiger partial charge is 0.271 e. The Morgan fingerprint density at radius 3 is 2.62 bits per heavy atom. The van der Waals surface area contributed by atoms with Crippen LogP contribution in [0.1, 0.15) is 55.6 Å². The third-order valence-electron chi connectivity index (χ3n) is 7.14. The number of nitrogens with one attached hydrogen (secondary N) is 1. The molecule has 0 spiro atoms. The van der Waals surface area contributed by atoms with Crippen LogP contribution in [0.4, 0.5) is 0 Å². The lowest BCUT2D eigenvalue weighted by Crippen LogP contribution is -2.64. The van der Waals surface area contributed by atoms with Crippen LogP contribution in [0.5, 0.6) is 0 Å². The van der Waals surface area contributed by atoms with Crippen molar-refractivity contribution >= 4 is 45.0 Å². The SMILES string of the molecule is CC1CCC(NC(=O)C2(C)Cn3c(cc4sccc43)C(=O)N2Cc2ccc(Cl)cc2)CC1. The van der Waals surface area contributed by atoms with Crippen molar-refractivity contribution in [2.45, 2.75) is 64.2 Å². The summed E-state index contributed by atoms with van der Waals surface area (Å²) in [6.07, 6.45) is 4.26. The molecule has 5 rings (SSSR count). The van der Waals surface area contributed by atoms with Gasteiger partial charge in [0, 0.05) is 17.6 Å². The molecular formula is C25H28ClN3O2S. The van der Waals surface area contributed by atoms with Gasteiger partial charge in [-0.05, 0) is 73.7 Å². The molecule has 3 aromatic rings. The molecule has 2 aliphatic rings. The molecule has 1 saturated carbocycles. The van der Waals surface area contributed by atoms with Gasteiger partial charge < -0.3 is 14.8 Å². The van der Waals surface area contributed by atoms with Gasteiger partial charge in [0.05, 0.1) is 16.8 Å². The standard InChI is InChI=1S/C25H28ClN3O2S/c1-16-3-9-19(10-4-16)27-24(31)25(2)15-28-20-11-12-32-22(20)13-21(28)23(30)29(25)14-17-5-7-18(26)8-6-17/h5-8,11-13,16,19H,3-4,9-10,14-15H2,1-2H3,(H,27,31). The van der Waals surface area contributed by atoms with E-state index in [4.69, 9.17) is 11.6 Å². The van der Waals surface area contributed by atoms with Crippen LogP contribution in [0.15, 0.2) is 41.8 Å². The van der Waals surface area contributed by atoms with Crippen molar-refractivity contribution in [2.24, 2.45) is 5.92 Å². The number of carbonyl (C=O) groups is 2. The van der Waals surface area contributed by atoms with E-state index in [0.717, 1.165) is 41.5 Å². The van der Waals surface area contributed by atoms with Gasteiger partial charge in [-0.25, -0.2) is 0 Å². The van der Waals surface area contributed by atoms with Crippen LogP contribution in [0.3, 0.4) is 0 Å². The number of thiophene rings is 1. The number of halogens is 1. The highest BCUT2D eigenvalue weighted by Gasteiger charge is 2.48. The van der Waals surface area contributed by atoms with E-state index in [9.17, 15) is 9.59 Å². The number of benzene rings is 1. The van der Waals surface area contributed by atoms with Crippen LogP contribution in [0.25, 0.3) is 10.2 Å². The summed E-state index contributed by atoms with van der Waals surface area (Å²) in [6.45, 7) is 4.98. The average molecular weight is 470 g/mol. The molecule has 2 amide bonds. The lowest BCUT2D eigenvalue weighted by Gasteiger charge is -2.45. The van der Waals surface area contributed by atoms with Crippen LogP contribution in [0, 0.1) is 5.92 Å². The van der Waals surface area contributed by atoms with Gasteiger partial charge >= 0.3 is 0 Å². The summed E-state index contributed by atoms with van der Waals surface area (Å²) in [5, 5.41) is 5.98. The van der Waals surface area contributed by atoms with E-state index < -0.39 is 5.54 Å². The zero-order valence-corrected chi connectivity index (χ0v) is 20.0. The average Bonchev–Trinajstić information content (AvgIpc) is 3.36. The monoisotopic (exact) mass is 469 g/mol. The lowest BCUT2D eigenvalue weighted by molar-refractivity contribution is -0.134. The fraction of sp³-hybridized carbons (Fsp3) is 0.440. The maximum atomic E-state index is 13.7. The summed E-state index contributed by atoms with van der Waals surface area (Å²) in [6, 6.07) is 11.7. The fourth-order valence-electron chi connectivity index (χ4n) is 5.04. The summed E-state index contributed by atoms with van der Waals surface area (Å²) in [5.74, 6) is 0.539. The number of amides is 2. The van der Waals surface area contributed by atoms with E-state index in [-0.39, 0.29) is 17.9 Å². The Morgan fingerprint density at radius 2 is 1.91 bits per heavy atom. The molecule has 5 nitrogen and oxygen atoms in total. The topological polar surface area (TPSA) is 54.3 Å². The van der Waals surface area contributed by atoms with E-state index in [1.807, 2.05) is 53.3 Å². The molecule has 1 fully saturated rings. The fourth-order valence-corrected chi connectivity index (χ4v) is 5.99. The van der Waals surface area contributed by atoms with Gasteiger partial charge in [-0.2, -0.15) is 0 Å². The normalized spacial score (nSPS) is 25.7. The zero-order valence-electron chi connectivity index (χ0n) is 18.4. The predicted octanol–water partition coefficient (Wildman–Crippen LogP) is 5.47. The molecule has 1 aliphatic carbocycles. The van der Waals surface area contributed by atoms with Crippen LogP contribution < -0.4 is 5.32 Å². The third-order valence-corrected chi connectivity index (χ3v) is 8.25. The molecule has 0 radical (unpaired) electrons. The summed E-state index contributed by atoms with van der Waals surface area (Å²) in [4.78, 5) is 29.2. The summed E-state index contributed by atoms with van der Waals surface area (Å²) < 4.78 is 3.10. The minimum Gasteiger partial charge on any atom is -0.351 e. The highest BCUT2D eigenvalue weighted by atomic mass is 35.5. The van der Waals surface area contributed by atoms with Gasteiger partial charge in [0.1, 0.15) is 11.2 Å². The molecule has 1 aliphatic heterocycles. The second kappa shape index (κ2) is 8.23. The number of carbonyl (C=O) groups excluding carboxylic acids is 2. The third kappa shape index (κ3) is 3.73. The van der Waals surface area contributed by atoms with Crippen LogP contribution in [-0.2, 0) is 17.9 Å². The first-order valence-corrected chi connectivity index (χ1v) is 12.5. The quantitative estimate of drug-likeness (QED) is 0.551. The Balaban J connectivity index is 1.50. The minimum absolute atomic E-state index is 0.0675. The van der Waals surface area contributed by atoms with E-state index in [1.54, 1.807) is 16.2 Å². The van der Waals surface area contributed by atoms with Crippen LogP contribution in [-0.4, -0.2) is 32.9 Å². The van der Waals surface area contributed by atoms with Crippen molar-refractivity contribution in [1.82, 2.24) is 14.8 Å². The Labute approximate surface area is 197 Å². The van der Waals surface area contributed by atoms with Crippen LogP contribution in [0.2, 0.25) is 5.02 Å². The van der Waals surface area contributed by atoms with Gasteiger partial charge in [-0.1, -0.05) is 30.7 Å². The number of hydrogen-bond donors (Lipinski definition) is 1. The van der Waals surface area contributed by atoms with Crippen molar-refractivity contribution in [2.75, 3.05) is 0 Å². The Kier molecular flexibility index (Phi) is 5.54. The van der Waals surface area contributed by atoms with Gasteiger partial charge in [-0.15, -0.1) is 11.3 Å². The maximum absolute atomic E-state index is 13.7. The van der Waals surface area contributed by atoms with Crippen molar-refractivity contribution in [3.05, 3.63) is 58.1 Å². The zero-order chi connectivity index (χ0) is 22.5. The second-order valence-electron chi connectivity index (χ2n) is 9.51. The van der Waals surface area contributed by atoms with E-state index in [0.29, 0.717) is 29.7 Å². The number of hydrogen-bond acceptors (Lipinski definition) is 3. The number of aromatic nitrogens is 1. The molecule has 32 heavy (non-hydrogen) atoms. The van der Waals surface area contributed by atoms with Gasteiger partial charge in [0.2, 0.25) is 5.91 Å². The molecule has 1 aromatic carbocycles. The Bertz CT molecular complexity index is 1160. The first-order valence-electron chi connectivity index (χ1n) is 11.3.